The van der Waals surface area contributed by atoms with Gasteiger partial charge in [0, 0.05) is 39.0 Å². The maximum Gasteiger partial charge on any atom is 0.311 e. The van der Waals surface area contributed by atoms with Gasteiger partial charge < -0.3 is 58.3 Å². The van der Waals surface area contributed by atoms with E-state index in [1.54, 1.807) is 48.5 Å². The lowest BCUT2D eigenvalue weighted by Crippen LogP contribution is -2.60. The third-order valence-electron chi connectivity index (χ3n) is 12.3. The van der Waals surface area contributed by atoms with E-state index in [9.17, 15) is 29.7 Å². The van der Waals surface area contributed by atoms with Crippen molar-refractivity contribution in [2.24, 2.45) is 17.8 Å². The summed E-state index contributed by atoms with van der Waals surface area (Å²) in [5, 5.41) is 35.9. The lowest BCUT2D eigenvalue weighted by atomic mass is 9.77. The van der Waals surface area contributed by atoms with Crippen LogP contribution < -0.4 is 0 Å². The first-order chi connectivity index (χ1) is 25.3. The summed E-state index contributed by atoms with van der Waals surface area (Å²) >= 11 is 0. The third kappa shape index (κ3) is 11.0. The lowest BCUT2D eigenvalue weighted by molar-refractivity contribution is -0.309. The van der Waals surface area contributed by atoms with Gasteiger partial charge >= 0.3 is 11.9 Å². The smallest absolute Gasteiger partial charge is 0.311 e. The first-order valence-corrected chi connectivity index (χ1v) is 19.9. The molecule has 3 heterocycles. The number of likely N-dealkylation sites (N-methyl/N-ethyl adjacent to an activating group) is 2. The molecule has 0 amide bonds. The van der Waals surface area contributed by atoms with Gasteiger partial charge in [-0.15, -0.1) is 0 Å². The number of methoxy groups -OCH3 is 1. The highest BCUT2D eigenvalue weighted by atomic mass is 16.7. The molecule has 0 saturated carbocycles. The van der Waals surface area contributed by atoms with Crippen molar-refractivity contribution in [2.45, 2.75) is 186 Å². The quantitative estimate of drug-likeness (QED) is 0.305. The molecule has 0 radical (unpaired) electrons. The Balaban J connectivity index is 2.23. The number of hydrogen-bond acceptors (Lipinski definition) is 15. The minimum Gasteiger partial charge on any atom is -0.459 e. The van der Waals surface area contributed by atoms with E-state index in [4.69, 9.17) is 33.2 Å². The van der Waals surface area contributed by atoms with E-state index in [2.05, 4.69) is 0 Å². The Bertz CT molecular complexity index is 1300. The van der Waals surface area contributed by atoms with E-state index >= 15 is 0 Å². The maximum atomic E-state index is 14.3. The second-order valence-corrected chi connectivity index (χ2v) is 17.5. The number of ether oxygens (including phenoxy) is 7. The number of rotatable bonds is 8. The van der Waals surface area contributed by atoms with E-state index in [0.717, 1.165) is 0 Å². The largest absolute Gasteiger partial charge is 0.459 e. The van der Waals surface area contributed by atoms with Crippen molar-refractivity contribution in [3.8, 4) is 0 Å². The highest BCUT2D eigenvalue weighted by Crippen LogP contribution is 2.40. The lowest BCUT2D eigenvalue weighted by Gasteiger charge is -2.48. The number of cyclic esters (lactones) is 1. The number of aliphatic hydroxyl groups is 3. The zero-order valence-electron chi connectivity index (χ0n) is 35.9. The van der Waals surface area contributed by atoms with Crippen LogP contribution in [-0.4, -0.2) is 162 Å². The van der Waals surface area contributed by atoms with Gasteiger partial charge in [-0.1, -0.05) is 20.8 Å². The van der Waals surface area contributed by atoms with Crippen LogP contribution in [0.2, 0.25) is 0 Å². The zero-order chi connectivity index (χ0) is 42.0. The molecule has 3 aliphatic rings. The van der Waals surface area contributed by atoms with Crippen LogP contribution in [0, 0.1) is 17.8 Å². The minimum atomic E-state index is -1.83. The summed E-state index contributed by atoms with van der Waals surface area (Å²) in [7, 11) is 7.04. The molecule has 3 saturated heterocycles. The van der Waals surface area contributed by atoms with Crippen molar-refractivity contribution in [3.63, 3.8) is 0 Å². The SMILES string of the molecule is CC[C@H]1OC(=O)[C@H](C)[C@@H](O[C@H]2C[C@@](C)(OC)C(=O)[C@H](C)O2)[C@H](C)[C@@H](O[C@@H]2O[C@H](C)C[C@H](N(C)C)[C@H]2OC(C)=O)[C@@](C)(O)C[C@@H](C)CN(C)[C@H](C)[C@@H](O)[C@]1(C)O. The van der Waals surface area contributed by atoms with E-state index in [1.807, 2.05) is 44.8 Å². The van der Waals surface area contributed by atoms with Crippen LogP contribution in [-0.2, 0) is 47.5 Å². The van der Waals surface area contributed by atoms with Gasteiger partial charge in [-0.25, -0.2) is 0 Å². The Morgan fingerprint density at radius 3 is 2.15 bits per heavy atom. The molecule has 0 aromatic carbocycles. The van der Waals surface area contributed by atoms with E-state index in [0.29, 0.717) is 13.0 Å². The molecular formula is C40H72N2O13. The minimum absolute atomic E-state index is 0.0155. The molecule has 15 heteroatoms. The van der Waals surface area contributed by atoms with Crippen LogP contribution in [0.3, 0.4) is 0 Å². The predicted octanol–water partition coefficient (Wildman–Crippen LogP) is 2.68. The number of carbonyl (C=O) groups is 3. The highest BCUT2D eigenvalue weighted by molar-refractivity contribution is 5.91. The topological polar surface area (TPSA) is 183 Å². The van der Waals surface area contributed by atoms with Crippen molar-refractivity contribution in [3.05, 3.63) is 0 Å². The molecule has 0 aromatic rings. The van der Waals surface area contributed by atoms with Gasteiger partial charge in [0.1, 0.15) is 29.5 Å². The second-order valence-electron chi connectivity index (χ2n) is 17.5. The molecule has 3 fully saturated rings. The molecular weight excluding hydrogens is 716 g/mol. The fourth-order valence-electron chi connectivity index (χ4n) is 8.90. The first kappa shape index (κ1) is 47.6. The molecule has 0 spiro atoms. The molecule has 0 aliphatic carbocycles. The Morgan fingerprint density at radius 2 is 1.60 bits per heavy atom. The summed E-state index contributed by atoms with van der Waals surface area (Å²) in [6.07, 6.45) is -7.79. The monoisotopic (exact) mass is 789 g/mol. The van der Waals surface area contributed by atoms with Crippen LogP contribution in [0.25, 0.3) is 0 Å². The average molecular weight is 789 g/mol. The second kappa shape index (κ2) is 18.9. The standard InChI is InChI=1S/C40H72N2O13/c1-16-29-40(11,48)33(44)25(6)42(14)20-21(2)18-38(9,47)35(55-37-32(52-27(8)43)28(41(12)13)17-22(3)50-37)23(4)31(24(5)36(46)53-29)54-30-19-39(10,49-15)34(45)26(7)51-30/h21-26,28-33,35,37,44,47-48H,16-20H2,1-15H3/t21-,22-,23+,24-,25-,26+,28+,29-,30+,31+,32-,33-,35-,37+,38+,39-,40-/m1/s1. The van der Waals surface area contributed by atoms with E-state index < -0.39 is 95.8 Å². The van der Waals surface area contributed by atoms with E-state index in [1.165, 1.54) is 21.0 Å². The third-order valence-corrected chi connectivity index (χ3v) is 12.3. The van der Waals surface area contributed by atoms with Crippen LogP contribution in [0.15, 0.2) is 0 Å². The summed E-state index contributed by atoms with van der Waals surface area (Å²) in [4.78, 5) is 43.7. The first-order valence-electron chi connectivity index (χ1n) is 19.9. The Kier molecular flexibility index (Phi) is 16.3. The summed E-state index contributed by atoms with van der Waals surface area (Å²) < 4.78 is 43.6. The van der Waals surface area contributed by atoms with Crippen molar-refractivity contribution in [1.29, 1.82) is 0 Å². The Hall–Kier alpha value is -1.79. The van der Waals surface area contributed by atoms with Gasteiger partial charge in [-0.3, -0.25) is 14.4 Å². The molecule has 15 nitrogen and oxygen atoms in total. The fourth-order valence-corrected chi connectivity index (χ4v) is 8.90. The van der Waals surface area contributed by atoms with Gasteiger partial charge in [-0.05, 0) is 94.8 Å². The number of ketones is 1. The Labute approximate surface area is 328 Å². The molecule has 0 unspecified atom stereocenters. The molecule has 3 aliphatic heterocycles. The molecule has 0 bridgehead atoms. The van der Waals surface area contributed by atoms with Crippen LogP contribution in [0.4, 0.5) is 0 Å². The van der Waals surface area contributed by atoms with E-state index in [-0.39, 0.29) is 43.1 Å². The molecule has 3 N–H and O–H groups in total. The molecule has 3 rings (SSSR count). The number of esters is 2. The Morgan fingerprint density at radius 1 is 0.982 bits per heavy atom. The number of carbonyl (C=O) groups excluding carboxylic acids is 3. The van der Waals surface area contributed by atoms with Crippen molar-refractivity contribution < 1.29 is 62.9 Å². The number of aliphatic hydroxyl groups excluding tert-OH is 1. The summed E-state index contributed by atoms with van der Waals surface area (Å²) in [6, 6.07) is -0.839. The number of hydrogen-bond donors (Lipinski definition) is 3. The van der Waals surface area contributed by atoms with Crippen molar-refractivity contribution >= 4 is 17.7 Å². The number of nitrogens with zero attached hydrogens (tertiary/aromatic N) is 2. The summed E-state index contributed by atoms with van der Waals surface area (Å²) in [5.41, 5.74) is -4.67. The molecule has 0 aromatic heterocycles. The van der Waals surface area contributed by atoms with Gasteiger partial charge in [0.05, 0.1) is 35.9 Å². The van der Waals surface area contributed by atoms with Gasteiger partial charge in [0.2, 0.25) is 0 Å². The van der Waals surface area contributed by atoms with Crippen LogP contribution >= 0.6 is 0 Å². The van der Waals surface area contributed by atoms with Gasteiger partial charge in [0.25, 0.3) is 0 Å². The zero-order valence-corrected chi connectivity index (χ0v) is 35.9. The highest BCUT2D eigenvalue weighted by Gasteiger charge is 2.53. The van der Waals surface area contributed by atoms with Gasteiger partial charge in [0.15, 0.2) is 24.5 Å². The van der Waals surface area contributed by atoms with Crippen molar-refractivity contribution in [1.82, 2.24) is 9.80 Å². The molecule has 320 valence electrons. The van der Waals surface area contributed by atoms with Crippen molar-refractivity contribution in [2.75, 3.05) is 34.8 Å². The average Bonchev–Trinajstić information content (AvgIpc) is 3.08. The summed E-state index contributed by atoms with van der Waals surface area (Å²) in [6.45, 7) is 19.0. The van der Waals surface area contributed by atoms with Crippen LogP contribution in [0.1, 0.15) is 102 Å². The molecule has 17 atom stereocenters. The number of Topliss-reactive ketones (excluding diaryl/α,β-unsaturated/α-hetero) is 1. The molecule has 55 heavy (non-hydrogen) atoms. The summed E-state index contributed by atoms with van der Waals surface area (Å²) in [5.74, 6) is -3.54. The fraction of sp³-hybridized carbons (Fsp3) is 0.925. The van der Waals surface area contributed by atoms with Crippen LogP contribution in [0.5, 0.6) is 0 Å². The van der Waals surface area contributed by atoms with Gasteiger partial charge in [-0.2, -0.15) is 0 Å². The normalized spacial score (nSPS) is 46.1. The predicted molar refractivity (Wildman–Crippen MR) is 203 cm³/mol. The maximum absolute atomic E-state index is 14.3.